The van der Waals surface area contributed by atoms with E-state index < -0.39 is 23.6 Å². The van der Waals surface area contributed by atoms with Crippen LogP contribution in [-0.4, -0.2) is 55.9 Å². The van der Waals surface area contributed by atoms with Crippen LogP contribution in [0.25, 0.3) is 16.9 Å². The third-order valence-corrected chi connectivity index (χ3v) is 5.51. The molecular weight excluding hydrogens is 494 g/mol. The minimum absolute atomic E-state index is 0.0318. The van der Waals surface area contributed by atoms with E-state index in [4.69, 9.17) is 4.74 Å². The van der Waals surface area contributed by atoms with Crippen LogP contribution < -0.4 is 10.2 Å². The summed E-state index contributed by atoms with van der Waals surface area (Å²) in [5, 5.41) is 7.00. The molecule has 1 aromatic carbocycles. The van der Waals surface area contributed by atoms with Gasteiger partial charge in [-0.2, -0.15) is 31.3 Å². The third-order valence-electron chi connectivity index (χ3n) is 5.51. The van der Waals surface area contributed by atoms with E-state index in [-0.39, 0.29) is 24.0 Å². The van der Waals surface area contributed by atoms with Gasteiger partial charge in [0.1, 0.15) is 5.82 Å². The molecule has 0 radical (unpaired) electrons. The molecule has 3 aromatic heterocycles. The van der Waals surface area contributed by atoms with Crippen molar-refractivity contribution in [1.29, 1.82) is 0 Å². The molecule has 9 nitrogen and oxygen atoms in total. The number of hydrogen-bond acceptors (Lipinski definition) is 7. The highest BCUT2D eigenvalue weighted by Gasteiger charge is 2.36. The number of rotatable bonds is 5. The first kappa shape index (κ1) is 23.8. The molecule has 4 heterocycles. The summed E-state index contributed by atoms with van der Waals surface area (Å²) in [5.41, 5.74) is -0.963. The van der Waals surface area contributed by atoms with Gasteiger partial charge in [-0.3, -0.25) is 0 Å². The van der Waals surface area contributed by atoms with Gasteiger partial charge in [0.05, 0.1) is 43.4 Å². The number of alkyl halides is 6. The summed E-state index contributed by atoms with van der Waals surface area (Å²) in [4.78, 5) is 17.1. The van der Waals surface area contributed by atoms with E-state index in [1.165, 1.54) is 18.3 Å². The lowest BCUT2D eigenvalue weighted by Crippen LogP contribution is -2.38. The van der Waals surface area contributed by atoms with Crippen molar-refractivity contribution >= 4 is 17.4 Å². The predicted octanol–water partition coefficient (Wildman–Crippen LogP) is 4.00. The van der Waals surface area contributed by atoms with E-state index in [0.29, 0.717) is 54.1 Å². The lowest BCUT2D eigenvalue weighted by atomic mass is 10.1. The molecule has 1 fully saturated rings. The largest absolute Gasteiger partial charge is 0.435 e. The van der Waals surface area contributed by atoms with Crippen molar-refractivity contribution in [2.24, 2.45) is 0 Å². The van der Waals surface area contributed by atoms with Gasteiger partial charge in [0, 0.05) is 13.1 Å². The average Bonchev–Trinajstić information content (AvgIpc) is 3.50. The Kier molecular flexibility index (Phi) is 5.94. The van der Waals surface area contributed by atoms with Crippen molar-refractivity contribution in [3.8, 4) is 11.3 Å². The first-order chi connectivity index (χ1) is 17.1. The first-order valence-electron chi connectivity index (χ1n) is 10.7. The second-order valence-electron chi connectivity index (χ2n) is 7.91. The van der Waals surface area contributed by atoms with Gasteiger partial charge in [0.25, 0.3) is 0 Å². The monoisotopic (exact) mass is 512 g/mol. The Morgan fingerprint density at radius 1 is 0.944 bits per heavy atom. The number of nitrogens with zero attached hydrogens (tertiary/aromatic N) is 6. The van der Waals surface area contributed by atoms with Crippen LogP contribution in [0.5, 0.6) is 0 Å². The summed E-state index contributed by atoms with van der Waals surface area (Å²) < 4.78 is 84.9. The highest BCUT2D eigenvalue weighted by Crippen LogP contribution is 2.32. The summed E-state index contributed by atoms with van der Waals surface area (Å²) in [7, 11) is 0. The second kappa shape index (κ2) is 8.96. The van der Waals surface area contributed by atoms with Crippen LogP contribution >= 0.6 is 0 Å². The standard InChI is InChI=1S/C21H18F6N8O/c22-20(23,24)13-3-1-12(2-4-13)14-9-28-16(31-14)11-29-17-18-30-10-15(21(25,26)27)35(18)33-19(32-17)34-5-7-36-8-6-34/h1-4,9-10H,5-8,11H2,(H,28,31)(H,29,32,33). The molecule has 0 aliphatic carbocycles. The number of anilines is 2. The second-order valence-corrected chi connectivity index (χ2v) is 7.91. The van der Waals surface area contributed by atoms with Crippen molar-refractivity contribution in [3.05, 3.63) is 53.7 Å². The molecule has 0 amide bonds. The highest BCUT2D eigenvalue weighted by atomic mass is 19.4. The van der Waals surface area contributed by atoms with Crippen molar-refractivity contribution in [1.82, 2.24) is 29.5 Å². The van der Waals surface area contributed by atoms with E-state index >= 15 is 0 Å². The Morgan fingerprint density at radius 3 is 2.33 bits per heavy atom. The number of morpholine rings is 1. The van der Waals surface area contributed by atoms with Crippen LogP contribution in [0, 0.1) is 0 Å². The lowest BCUT2D eigenvalue weighted by molar-refractivity contribution is -0.142. The number of hydrogen-bond donors (Lipinski definition) is 2. The maximum absolute atomic E-state index is 13.5. The average molecular weight is 512 g/mol. The minimum Gasteiger partial charge on any atom is -0.378 e. The molecule has 2 N–H and O–H groups in total. The van der Waals surface area contributed by atoms with Crippen LogP contribution in [0.1, 0.15) is 17.1 Å². The zero-order chi connectivity index (χ0) is 25.5. The molecule has 1 aliphatic rings. The molecule has 190 valence electrons. The summed E-state index contributed by atoms with van der Waals surface area (Å²) in [6.45, 7) is 1.63. The molecule has 1 aliphatic heterocycles. The van der Waals surface area contributed by atoms with Gasteiger partial charge in [0.2, 0.25) is 5.95 Å². The van der Waals surface area contributed by atoms with Crippen molar-refractivity contribution in [3.63, 3.8) is 0 Å². The Morgan fingerprint density at radius 2 is 1.67 bits per heavy atom. The van der Waals surface area contributed by atoms with Gasteiger partial charge < -0.3 is 19.9 Å². The zero-order valence-corrected chi connectivity index (χ0v) is 18.4. The van der Waals surface area contributed by atoms with Gasteiger partial charge >= 0.3 is 12.4 Å². The number of halogens is 6. The predicted molar refractivity (Wildman–Crippen MR) is 115 cm³/mol. The smallest absolute Gasteiger partial charge is 0.378 e. The summed E-state index contributed by atoms with van der Waals surface area (Å²) in [5.74, 6) is 0.536. The van der Waals surface area contributed by atoms with E-state index in [1.807, 2.05) is 0 Å². The third kappa shape index (κ3) is 4.78. The number of fused-ring (bicyclic) bond motifs is 1. The number of ether oxygens (including phenoxy) is 1. The molecule has 1 saturated heterocycles. The van der Waals surface area contributed by atoms with Crippen LogP contribution in [-0.2, 0) is 23.6 Å². The Bertz CT molecular complexity index is 1360. The fourth-order valence-electron chi connectivity index (χ4n) is 3.68. The van der Waals surface area contributed by atoms with Crippen molar-refractivity contribution in [2.45, 2.75) is 18.9 Å². The molecule has 36 heavy (non-hydrogen) atoms. The summed E-state index contributed by atoms with van der Waals surface area (Å²) in [6.07, 6.45) is -6.98. The number of aromatic amines is 1. The number of aromatic nitrogens is 6. The Balaban J connectivity index is 1.40. The molecule has 0 saturated carbocycles. The molecule has 0 atom stereocenters. The van der Waals surface area contributed by atoms with Crippen LogP contribution in [0.4, 0.5) is 38.1 Å². The lowest BCUT2D eigenvalue weighted by Gasteiger charge is -2.27. The molecule has 0 unspecified atom stereocenters. The van der Waals surface area contributed by atoms with Crippen molar-refractivity contribution < 1.29 is 31.1 Å². The summed E-state index contributed by atoms with van der Waals surface area (Å²) >= 11 is 0. The molecular formula is C21H18F6N8O. The Labute approximate surface area is 199 Å². The maximum Gasteiger partial charge on any atom is 0.435 e. The van der Waals surface area contributed by atoms with Crippen LogP contribution in [0.3, 0.4) is 0 Å². The van der Waals surface area contributed by atoms with Crippen LogP contribution in [0.2, 0.25) is 0 Å². The quantitative estimate of drug-likeness (QED) is 0.391. The molecule has 15 heteroatoms. The molecule has 0 bridgehead atoms. The maximum atomic E-state index is 13.5. The fourth-order valence-corrected chi connectivity index (χ4v) is 3.68. The topological polar surface area (TPSA) is 96.3 Å². The van der Waals surface area contributed by atoms with Gasteiger partial charge in [-0.15, -0.1) is 5.10 Å². The van der Waals surface area contributed by atoms with Gasteiger partial charge in [-0.1, -0.05) is 12.1 Å². The minimum atomic E-state index is -4.68. The van der Waals surface area contributed by atoms with E-state index in [2.05, 4.69) is 30.4 Å². The summed E-state index contributed by atoms with van der Waals surface area (Å²) in [6, 6.07) is 4.57. The van der Waals surface area contributed by atoms with Crippen molar-refractivity contribution in [2.75, 3.05) is 36.5 Å². The first-order valence-corrected chi connectivity index (χ1v) is 10.7. The zero-order valence-electron chi connectivity index (χ0n) is 18.4. The van der Waals surface area contributed by atoms with Crippen LogP contribution in [0.15, 0.2) is 36.7 Å². The van der Waals surface area contributed by atoms with Gasteiger partial charge in [0.15, 0.2) is 17.2 Å². The van der Waals surface area contributed by atoms with E-state index in [9.17, 15) is 26.3 Å². The number of nitrogens with one attached hydrogen (secondary N) is 2. The Hall–Kier alpha value is -3.88. The van der Waals surface area contributed by atoms with Gasteiger partial charge in [-0.05, 0) is 17.7 Å². The molecule has 5 rings (SSSR count). The number of benzene rings is 1. The van der Waals surface area contributed by atoms with E-state index in [1.54, 1.807) is 4.90 Å². The van der Waals surface area contributed by atoms with Gasteiger partial charge in [-0.25, -0.2) is 14.5 Å². The number of H-pyrrole nitrogens is 1. The highest BCUT2D eigenvalue weighted by molar-refractivity contribution is 5.65. The molecule has 4 aromatic rings. The fraction of sp³-hybridized carbons (Fsp3) is 0.333. The van der Waals surface area contributed by atoms with E-state index in [0.717, 1.165) is 12.1 Å². The number of imidazole rings is 2. The normalized spacial score (nSPS) is 15.0. The molecule has 0 spiro atoms. The SMILES string of the molecule is FC(F)(F)c1ccc(-c2cnc(CNc3nc(N4CCOCC4)nn4c(C(F)(F)F)cnc34)[nH]2)cc1.